The molecule has 1 aliphatic rings. The number of urea groups is 1. The van der Waals surface area contributed by atoms with Crippen molar-refractivity contribution in [3.05, 3.63) is 60.2 Å². The molecule has 2 N–H and O–H groups in total. The van der Waals surface area contributed by atoms with Crippen molar-refractivity contribution in [2.75, 3.05) is 5.32 Å². The molecule has 7 nitrogen and oxygen atoms in total. The zero-order valence-corrected chi connectivity index (χ0v) is 13.6. The molecule has 0 radical (unpaired) electrons. The zero-order chi connectivity index (χ0) is 17.1. The molecule has 2 aromatic carbocycles. The third kappa shape index (κ3) is 3.65. The maximum atomic E-state index is 12.0. The van der Waals surface area contributed by atoms with Gasteiger partial charge in [-0.2, -0.15) is 0 Å². The van der Waals surface area contributed by atoms with E-state index in [4.69, 9.17) is 0 Å². The maximum absolute atomic E-state index is 12.0. The second-order valence-electron chi connectivity index (χ2n) is 6.05. The fourth-order valence-electron chi connectivity index (χ4n) is 2.60. The van der Waals surface area contributed by atoms with Gasteiger partial charge in [-0.25, -0.2) is 9.48 Å². The summed E-state index contributed by atoms with van der Waals surface area (Å²) in [5, 5.41) is 17.6. The molecule has 4 rings (SSSR count). The molecule has 25 heavy (non-hydrogen) atoms. The molecule has 1 aromatic heterocycles. The molecular formula is C18H18N6O. The highest BCUT2D eigenvalue weighted by Crippen LogP contribution is 2.36. The van der Waals surface area contributed by atoms with Gasteiger partial charge in [-0.05, 0) is 53.1 Å². The Morgan fingerprint density at radius 1 is 1.08 bits per heavy atom. The molecule has 3 aromatic rings. The van der Waals surface area contributed by atoms with E-state index in [9.17, 15) is 4.79 Å². The monoisotopic (exact) mass is 334 g/mol. The van der Waals surface area contributed by atoms with Gasteiger partial charge in [-0.3, -0.25) is 0 Å². The van der Waals surface area contributed by atoms with Crippen LogP contribution in [0.5, 0.6) is 0 Å². The largest absolute Gasteiger partial charge is 0.334 e. The minimum atomic E-state index is -0.237. The van der Waals surface area contributed by atoms with Crippen LogP contribution in [-0.4, -0.2) is 26.2 Å². The molecule has 7 heteroatoms. The Morgan fingerprint density at radius 3 is 2.56 bits per heavy atom. The molecule has 0 bridgehead atoms. The predicted octanol–water partition coefficient (Wildman–Crippen LogP) is 3.00. The number of tetrazole rings is 1. The number of aromatic nitrogens is 4. The van der Waals surface area contributed by atoms with E-state index in [-0.39, 0.29) is 6.03 Å². The number of benzene rings is 2. The maximum Gasteiger partial charge on any atom is 0.319 e. The van der Waals surface area contributed by atoms with Crippen LogP contribution in [0.1, 0.15) is 24.4 Å². The summed E-state index contributed by atoms with van der Waals surface area (Å²) in [6, 6.07) is 17.5. The van der Waals surface area contributed by atoms with Crippen LogP contribution in [0.4, 0.5) is 10.5 Å². The minimum absolute atomic E-state index is 0.237. The lowest BCUT2D eigenvalue weighted by Gasteiger charge is -2.08. The van der Waals surface area contributed by atoms with Gasteiger partial charge in [0.05, 0.1) is 6.04 Å². The Morgan fingerprint density at radius 2 is 1.84 bits per heavy atom. The number of carbonyl (C=O) groups is 1. The predicted molar refractivity (Wildman–Crippen MR) is 93.8 cm³/mol. The number of anilines is 1. The van der Waals surface area contributed by atoms with E-state index < -0.39 is 0 Å². The second kappa shape index (κ2) is 6.72. The van der Waals surface area contributed by atoms with E-state index in [1.165, 1.54) is 0 Å². The van der Waals surface area contributed by atoms with E-state index >= 15 is 0 Å². The number of rotatable bonds is 5. The molecule has 0 unspecified atom stereocenters. The van der Waals surface area contributed by atoms with Gasteiger partial charge in [0.15, 0.2) is 5.82 Å². The Labute approximate surface area is 145 Å². The molecular weight excluding hydrogens is 316 g/mol. The van der Waals surface area contributed by atoms with Crippen molar-refractivity contribution >= 4 is 11.7 Å². The highest BCUT2D eigenvalue weighted by Gasteiger charge is 2.28. The first-order valence-electron chi connectivity index (χ1n) is 8.27. The lowest BCUT2D eigenvalue weighted by atomic mass is 10.2. The second-order valence-corrected chi connectivity index (χ2v) is 6.05. The third-order valence-electron chi connectivity index (χ3n) is 4.08. The number of nitrogens with one attached hydrogen (secondary N) is 2. The standard InChI is InChI=1S/C18H18N6O/c25-18(19-12-13-4-2-1-3-5-13)20-15-8-6-14(7-9-15)17-21-22-23-24(17)16-10-11-16/h1-9,16H,10-12H2,(H2,19,20,25). The molecule has 1 saturated carbocycles. The first-order valence-corrected chi connectivity index (χ1v) is 8.27. The van der Waals surface area contributed by atoms with E-state index in [0.717, 1.165) is 35.5 Å². The van der Waals surface area contributed by atoms with Crippen LogP contribution in [0.2, 0.25) is 0 Å². The van der Waals surface area contributed by atoms with Crippen LogP contribution in [0, 0.1) is 0 Å². The Hall–Kier alpha value is -3.22. The lowest BCUT2D eigenvalue weighted by Crippen LogP contribution is -2.28. The summed E-state index contributed by atoms with van der Waals surface area (Å²) in [6.07, 6.45) is 2.25. The summed E-state index contributed by atoms with van der Waals surface area (Å²) in [7, 11) is 0. The number of hydrogen-bond acceptors (Lipinski definition) is 4. The van der Waals surface area contributed by atoms with E-state index in [1.54, 1.807) is 0 Å². The molecule has 1 aliphatic carbocycles. The number of hydrogen-bond donors (Lipinski definition) is 2. The third-order valence-corrected chi connectivity index (χ3v) is 4.08. The van der Waals surface area contributed by atoms with E-state index in [1.807, 2.05) is 59.3 Å². The molecule has 1 heterocycles. The summed E-state index contributed by atoms with van der Waals surface area (Å²) in [6.45, 7) is 0.487. The van der Waals surface area contributed by atoms with Crippen molar-refractivity contribution in [2.24, 2.45) is 0 Å². The molecule has 0 saturated heterocycles. The normalized spacial score (nSPS) is 13.4. The zero-order valence-electron chi connectivity index (χ0n) is 13.6. The Bertz CT molecular complexity index is 855. The van der Waals surface area contributed by atoms with Crippen molar-refractivity contribution in [2.45, 2.75) is 25.4 Å². The fraction of sp³-hybridized carbons (Fsp3) is 0.222. The van der Waals surface area contributed by atoms with Crippen LogP contribution in [-0.2, 0) is 6.54 Å². The summed E-state index contributed by atoms with van der Waals surface area (Å²) in [4.78, 5) is 12.0. The number of carbonyl (C=O) groups excluding carboxylic acids is 1. The number of amides is 2. The topological polar surface area (TPSA) is 84.7 Å². The SMILES string of the molecule is O=C(NCc1ccccc1)Nc1ccc(-c2nnnn2C2CC2)cc1. The van der Waals surface area contributed by atoms with Crippen LogP contribution >= 0.6 is 0 Å². The molecule has 1 fully saturated rings. The van der Waals surface area contributed by atoms with Crippen LogP contribution < -0.4 is 10.6 Å². The molecule has 126 valence electrons. The van der Waals surface area contributed by atoms with Gasteiger partial charge >= 0.3 is 6.03 Å². The Balaban J connectivity index is 1.37. The van der Waals surface area contributed by atoms with Crippen molar-refractivity contribution < 1.29 is 4.79 Å². The van der Waals surface area contributed by atoms with Gasteiger partial charge in [-0.15, -0.1) is 5.10 Å². The first kappa shape index (κ1) is 15.3. The van der Waals surface area contributed by atoms with Crippen LogP contribution in [0.15, 0.2) is 54.6 Å². The molecule has 0 aliphatic heterocycles. The lowest BCUT2D eigenvalue weighted by molar-refractivity contribution is 0.251. The van der Waals surface area contributed by atoms with Gasteiger partial charge in [-0.1, -0.05) is 30.3 Å². The highest BCUT2D eigenvalue weighted by molar-refractivity contribution is 5.89. The van der Waals surface area contributed by atoms with Gasteiger partial charge in [0.1, 0.15) is 0 Å². The van der Waals surface area contributed by atoms with Crippen LogP contribution in [0.25, 0.3) is 11.4 Å². The van der Waals surface area contributed by atoms with Crippen LogP contribution in [0.3, 0.4) is 0 Å². The molecule has 0 atom stereocenters. The van der Waals surface area contributed by atoms with Crippen molar-refractivity contribution in [1.29, 1.82) is 0 Å². The van der Waals surface area contributed by atoms with Gasteiger partial charge in [0.25, 0.3) is 0 Å². The van der Waals surface area contributed by atoms with Crippen molar-refractivity contribution in [3.63, 3.8) is 0 Å². The van der Waals surface area contributed by atoms with Gasteiger partial charge in [0.2, 0.25) is 0 Å². The average molecular weight is 334 g/mol. The summed E-state index contributed by atoms with van der Waals surface area (Å²) in [5.74, 6) is 0.766. The van der Waals surface area contributed by atoms with Gasteiger partial charge < -0.3 is 10.6 Å². The average Bonchev–Trinajstić information content (AvgIpc) is 3.38. The van der Waals surface area contributed by atoms with Gasteiger partial charge in [0, 0.05) is 17.8 Å². The fourth-order valence-corrected chi connectivity index (χ4v) is 2.60. The summed E-state index contributed by atoms with van der Waals surface area (Å²) >= 11 is 0. The smallest absolute Gasteiger partial charge is 0.319 e. The van der Waals surface area contributed by atoms with E-state index in [2.05, 4.69) is 26.2 Å². The first-order chi connectivity index (χ1) is 12.3. The highest BCUT2D eigenvalue weighted by atomic mass is 16.2. The quantitative estimate of drug-likeness (QED) is 0.751. The van der Waals surface area contributed by atoms with Crippen molar-refractivity contribution in [1.82, 2.24) is 25.5 Å². The van der Waals surface area contributed by atoms with E-state index in [0.29, 0.717) is 12.6 Å². The summed E-state index contributed by atoms with van der Waals surface area (Å²) in [5.41, 5.74) is 2.71. The molecule has 2 amide bonds. The minimum Gasteiger partial charge on any atom is -0.334 e. The number of nitrogens with zero attached hydrogens (tertiary/aromatic N) is 4. The summed E-state index contributed by atoms with van der Waals surface area (Å²) < 4.78 is 1.87. The van der Waals surface area contributed by atoms with Crippen molar-refractivity contribution in [3.8, 4) is 11.4 Å². The Kier molecular flexibility index (Phi) is 4.12. The molecule has 0 spiro atoms.